The Kier molecular flexibility index (Phi) is 4.68. The van der Waals surface area contributed by atoms with E-state index in [1.165, 1.54) is 6.07 Å². The molecule has 1 aromatic carbocycles. The van der Waals surface area contributed by atoms with Crippen molar-refractivity contribution in [3.8, 4) is 17.3 Å². The number of carbonyl (C=O) groups is 1. The van der Waals surface area contributed by atoms with Crippen LogP contribution in [0, 0.1) is 24.1 Å². The molecule has 2 aliphatic carbocycles. The zero-order valence-corrected chi connectivity index (χ0v) is 18.6. The first-order chi connectivity index (χ1) is 16.7. The van der Waals surface area contributed by atoms with E-state index in [-0.39, 0.29) is 35.2 Å². The Morgan fingerprint density at radius 1 is 1.09 bits per heavy atom. The fraction of sp³-hybridized carbons (Fsp3) is 0.360. The second-order valence-electron chi connectivity index (χ2n) is 9.50. The molecule has 1 amide bonds. The molecule has 3 heterocycles. The number of ether oxygens (including phenoxy) is 1. The number of rotatable bonds is 4. The number of likely N-dealkylation sites (tertiary alicyclic amines) is 1. The molecular weight excluding hydrogens is 464 g/mol. The van der Waals surface area contributed by atoms with E-state index in [0.29, 0.717) is 23.6 Å². The minimum Gasteiger partial charge on any atom is -0.472 e. The molecule has 180 valence electrons. The minimum absolute atomic E-state index is 0.00258. The van der Waals surface area contributed by atoms with Crippen molar-refractivity contribution in [2.45, 2.75) is 38.1 Å². The predicted molar refractivity (Wildman–Crippen MR) is 116 cm³/mol. The molecule has 1 saturated heterocycles. The number of aromatic nitrogens is 3. The third-order valence-electron chi connectivity index (χ3n) is 7.50. The Labute approximate surface area is 198 Å². The van der Waals surface area contributed by atoms with Crippen molar-refractivity contribution in [1.82, 2.24) is 19.9 Å². The van der Waals surface area contributed by atoms with Gasteiger partial charge in [0.2, 0.25) is 5.88 Å². The first kappa shape index (κ1) is 21.9. The third kappa shape index (κ3) is 3.45. The quantitative estimate of drug-likeness (QED) is 0.503. The lowest BCUT2D eigenvalue weighted by Gasteiger charge is -2.47. The van der Waals surface area contributed by atoms with Crippen molar-refractivity contribution in [1.29, 1.82) is 0 Å². The van der Waals surface area contributed by atoms with Gasteiger partial charge in [-0.05, 0) is 43.4 Å². The van der Waals surface area contributed by atoms with Crippen LogP contribution in [0.4, 0.5) is 17.6 Å². The standard InChI is InChI=1S/C25H20F4N4O2/c1-13-3-2-4-17(20(13)22-31-10-16(26)11-32-22)23(34)33-12-15-7-24(15)8-18(21(24)33)35-19-6-5-14(9-30-19)25(27,28)29/h2-6,9-11,15,18,21H,7-8,12H2,1H3. The van der Waals surface area contributed by atoms with Crippen LogP contribution in [0.5, 0.6) is 5.88 Å². The van der Waals surface area contributed by atoms with E-state index in [4.69, 9.17) is 4.74 Å². The number of hydrogen-bond acceptors (Lipinski definition) is 5. The summed E-state index contributed by atoms with van der Waals surface area (Å²) in [6, 6.07) is 7.29. The Morgan fingerprint density at radius 3 is 2.54 bits per heavy atom. The normalized spacial score (nSPS) is 26.5. The molecule has 4 unspecified atom stereocenters. The number of carbonyl (C=O) groups excluding carboxylic acids is 1. The Bertz CT molecular complexity index is 1310. The average molecular weight is 484 g/mol. The van der Waals surface area contributed by atoms with Crippen molar-refractivity contribution < 1.29 is 27.1 Å². The molecule has 0 radical (unpaired) electrons. The molecule has 0 bridgehead atoms. The summed E-state index contributed by atoms with van der Waals surface area (Å²) < 4.78 is 57.9. The second-order valence-corrected chi connectivity index (χ2v) is 9.50. The Balaban J connectivity index is 1.27. The average Bonchev–Trinajstić information content (AvgIpc) is 3.47. The van der Waals surface area contributed by atoms with Crippen molar-refractivity contribution in [2.24, 2.45) is 11.3 Å². The summed E-state index contributed by atoms with van der Waals surface area (Å²) in [6.07, 6.45) is -0.206. The first-order valence-corrected chi connectivity index (χ1v) is 11.3. The van der Waals surface area contributed by atoms with Crippen molar-refractivity contribution >= 4 is 5.91 Å². The Hall–Kier alpha value is -3.56. The molecule has 35 heavy (non-hydrogen) atoms. The van der Waals surface area contributed by atoms with Crippen LogP contribution in [0.1, 0.15) is 34.3 Å². The molecule has 6 rings (SSSR count). The van der Waals surface area contributed by atoms with Gasteiger partial charge in [0.15, 0.2) is 11.6 Å². The smallest absolute Gasteiger partial charge is 0.417 e. The van der Waals surface area contributed by atoms with Gasteiger partial charge in [-0.3, -0.25) is 4.79 Å². The summed E-state index contributed by atoms with van der Waals surface area (Å²) >= 11 is 0. The number of hydrogen-bond donors (Lipinski definition) is 0. The number of alkyl halides is 3. The van der Waals surface area contributed by atoms with Gasteiger partial charge in [0, 0.05) is 29.8 Å². The SMILES string of the molecule is Cc1cccc(C(=O)N2CC3CC34CC(Oc3ccc(C(F)(F)F)cn3)C24)c1-c1ncc(F)cn1. The third-order valence-corrected chi connectivity index (χ3v) is 7.50. The maximum atomic E-state index is 13.8. The van der Waals surface area contributed by atoms with Crippen molar-refractivity contribution in [3.63, 3.8) is 0 Å². The van der Waals surface area contributed by atoms with Crippen LogP contribution < -0.4 is 4.74 Å². The van der Waals surface area contributed by atoms with E-state index in [0.717, 1.165) is 43.1 Å². The molecular formula is C25H20F4N4O2. The highest BCUT2D eigenvalue weighted by molar-refractivity contribution is 6.01. The number of nitrogens with zero attached hydrogens (tertiary/aromatic N) is 4. The molecule has 3 aliphatic rings. The predicted octanol–water partition coefficient (Wildman–Crippen LogP) is 4.69. The van der Waals surface area contributed by atoms with Gasteiger partial charge >= 0.3 is 6.18 Å². The number of amides is 1. The summed E-state index contributed by atoms with van der Waals surface area (Å²) in [4.78, 5) is 27.5. The van der Waals surface area contributed by atoms with E-state index >= 15 is 0 Å². The molecule has 1 spiro atoms. The topological polar surface area (TPSA) is 68.2 Å². The van der Waals surface area contributed by atoms with E-state index < -0.39 is 17.6 Å². The number of aryl methyl sites for hydroxylation is 1. The minimum atomic E-state index is -4.47. The largest absolute Gasteiger partial charge is 0.472 e. The fourth-order valence-electron chi connectivity index (χ4n) is 5.76. The highest BCUT2D eigenvalue weighted by atomic mass is 19.4. The van der Waals surface area contributed by atoms with Crippen LogP contribution in [0.25, 0.3) is 11.4 Å². The summed E-state index contributed by atoms with van der Waals surface area (Å²) in [6.45, 7) is 2.43. The second kappa shape index (κ2) is 7.47. The lowest BCUT2D eigenvalue weighted by molar-refractivity contribution is -0.137. The van der Waals surface area contributed by atoms with Gasteiger partial charge in [-0.2, -0.15) is 13.2 Å². The van der Waals surface area contributed by atoms with Gasteiger partial charge in [0.1, 0.15) is 6.10 Å². The zero-order valence-electron chi connectivity index (χ0n) is 18.6. The number of piperidine rings is 1. The fourth-order valence-corrected chi connectivity index (χ4v) is 5.76. The van der Waals surface area contributed by atoms with Crippen LogP contribution >= 0.6 is 0 Å². The lowest BCUT2D eigenvalue weighted by atomic mass is 9.73. The van der Waals surface area contributed by atoms with Crippen LogP contribution in [-0.4, -0.2) is 44.4 Å². The van der Waals surface area contributed by atoms with Crippen LogP contribution in [0.15, 0.2) is 48.9 Å². The molecule has 4 atom stereocenters. The van der Waals surface area contributed by atoms with Gasteiger partial charge in [0.05, 0.1) is 29.6 Å². The molecule has 2 aromatic heterocycles. The number of halogens is 4. The highest BCUT2D eigenvalue weighted by Gasteiger charge is 2.76. The van der Waals surface area contributed by atoms with Crippen LogP contribution in [0.3, 0.4) is 0 Å². The summed E-state index contributed by atoms with van der Waals surface area (Å²) in [5.41, 5.74) is 0.921. The van der Waals surface area contributed by atoms with Gasteiger partial charge in [0.25, 0.3) is 5.91 Å². The number of benzene rings is 1. The molecule has 6 nitrogen and oxygen atoms in total. The van der Waals surface area contributed by atoms with Crippen LogP contribution in [-0.2, 0) is 6.18 Å². The van der Waals surface area contributed by atoms with Gasteiger partial charge < -0.3 is 9.64 Å². The van der Waals surface area contributed by atoms with Gasteiger partial charge in [-0.1, -0.05) is 12.1 Å². The maximum Gasteiger partial charge on any atom is 0.417 e. The summed E-state index contributed by atoms with van der Waals surface area (Å²) in [7, 11) is 0. The maximum absolute atomic E-state index is 13.8. The van der Waals surface area contributed by atoms with Crippen LogP contribution in [0.2, 0.25) is 0 Å². The summed E-state index contributed by atoms with van der Waals surface area (Å²) in [5.74, 6) is -0.00946. The zero-order chi connectivity index (χ0) is 24.5. The molecule has 3 fully saturated rings. The molecule has 1 aliphatic heterocycles. The Morgan fingerprint density at radius 2 is 1.86 bits per heavy atom. The van der Waals surface area contributed by atoms with Gasteiger partial charge in [-0.15, -0.1) is 0 Å². The van der Waals surface area contributed by atoms with E-state index in [1.54, 1.807) is 17.0 Å². The molecule has 3 aromatic rings. The molecule has 2 saturated carbocycles. The first-order valence-electron chi connectivity index (χ1n) is 11.3. The van der Waals surface area contributed by atoms with E-state index in [1.807, 2.05) is 13.0 Å². The van der Waals surface area contributed by atoms with Crippen molar-refractivity contribution in [3.05, 3.63) is 71.4 Å². The summed E-state index contributed by atoms with van der Waals surface area (Å²) in [5, 5.41) is 0. The highest BCUT2D eigenvalue weighted by Crippen LogP contribution is 2.71. The van der Waals surface area contributed by atoms with E-state index in [2.05, 4.69) is 15.0 Å². The molecule has 0 N–H and O–H groups in total. The lowest BCUT2D eigenvalue weighted by Crippen LogP contribution is -2.59. The molecule has 10 heteroatoms. The van der Waals surface area contributed by atoms with Gasteiger partial charge in [-0.25, -0.2) is 19.3 Å². The van der Waals surface area contributed by atoms with E-state index in [9.17, 15) is 22.4 Å². The monoisotopic (exact) mass is 484 g/mol. The van der Waals surface area contributed by atoms with Crippen molar-refractivity contribution in [2.75, 3.05) is 6.54 Å². The number of pyridine rings is 1.